The first-order chi connectivity index (χ1) is 10.6. The average Bonchev–Trinajstić information content (AvgIpc) is 3.08. The number of carbonyl (C=O) groups excluding carboxylic acids is 1. The van der Waals surface area contributed by atoms with Crippen LogP contribution in [0.15, 0.2) is 23.0 Å². The van der Waals surface area contributed by atoms with E-state index in [1.165, 1.54) is 0 Å². The number of hydrogen-bond acceptors (Lipinski definition) is 4. The lowest BCUT2D eigenvalue weighted by atomic mass is 10.3. The summed E-state index contributed by atoms with van der Waals surface area (Å²) in [5, 5.41) is 4.52. The van der Waals surface area contributed by atoms with E-state index in [0.29, 0.717) is 5.15 Å². The Morgan fingerprint density at radius 2 is 2.23 bits per heavy atom. The monoisotopic (exact) mass is 338 g/mol. The molecular weight excluding hydrogens is 320 g/mol. The molecule has 2 aromatic heterocycles. The molecule has 1 aliphatic heterocycles. The number of amides is 1. The van der Waals surface area contributed by atoms with Crippen molar-refractivity contribution >= 4 is 28.8 Å². The number of rotatable bonds is 3. The predicted molar refractivity (Wildman–Crippen MR) is 88.3 cm³/mol. The third-order valence-corrected chi connectivity index (χ3v) is 5.07. The van der Waals surface area contributed by atoms with Crippen LogP contribution in [0.5, 0.6) is 0 Å². The molecule has 0 aromatic carbocycles. The first-order valence-electron chi connectivity index (χ1n) is 7.35. The van der Waals surface area contributed by atoms with Crippen LogP contribution in [0.1, 0.15) is 22.6 Å². The number of carbonyl (C=O) groups is 1. The minimum absolute atomic E-state index is 0.142. The quantitative estimate of drug-likeness (QED) is 0.863. The van der Waals surface area contributed by atoms with E-state index in [-0.39, 0.29) is 5.91 Å². The van der Waals surface area contributed by atoms with E-state index in [4.69, 9.17) is 11.6 Å². The molecule has 3 rings (SSSR count). The Hall–Kier alpha value is -1.37. The second kappa shape index (κ2) is 6.81. The molecule has 1 amide bonds. The first-order valence-corrected chi connectivity index (χ1v) is 8.67. The highest BCUT2D eigenvalue weighted by molar-refractivity contribution is 7.08. The van der Waals surface area contributed by atoms with Gasteiger partial charge in [-0.3, -0.25) is 9.69 Å². The van der Waals surface area contributed by atoms with Crippen molar-refractivity contribution in [1.82, 2.24) is 19.4 Å². The van der Waals surface area contributed by atoms with Crippen LogP contribution in [0, 0.1) is 0 Å². The Morgan fingerprint density at radius 1 is 1.36 bits per heavy atom. The molecule has 2 aromatic rings. The first kappa shape index (κ1) is 15.5. The van der Waals surface area contributed by atoms with Crippen LogP contribution in [0.3, 0.4) is 0 Å². The maximum atomic E-state index is 12.4. The SMILES string of the molecule is Cn1c(Cl)cnc1CN1CCCN(C(=O)c2ccsc2)CC1. The average molecular weight is 339 g/mol. The lowest BCUT2D eigenvalue weighted by molar-refractivity contribution is 0.0761. The van der Waals surface area contributed by atoms with Gasteiger partial charge in [-0.05, 0) is 17.9 Å². The topological polar surface area (TPSA) is 41.4 Å². The van der Waals surface area contributed by atoms with Gasteiger partial charge in [0, 0.05) is 38.6 Å². The Balaban J connectivity index is 1.60. The van der Waals surface area contributed by atoms with Gasteiger partial charge in [0.2, 0.25) is 0 Å². The van der Waals surface area contributed by atoms with Crippen LogP contribution in [-0.2, 0) is 13.6 Å². The zero-order chi connectivity index (χ0) is 15.5. The zero-order valence-electron chi connectivity index (χ0n) is 12.5. The Labute approximate surface area is 139 Å². The molecule has 0 spiro atoms. The second-order valence-electron chi connectivity index (χ2n) is 5.49. The number of imidazole rings is 1. The molecule has 0 saturated carbocycles. The van der Waals surface area contributed by atoms with Crippen LogP contribution < -0.4 is 0 Å². The Kier molecular flexibility index (Phi) is 4.81. The maximum Gasteiger partial charge on any atom is 0.254 e. The summed E-state index contributed by atoms with van der Waals surface area (Å²) in [6.45, 7) is 4.17. The van der Waals surface area contributed by atoms with Crippen molar-refractivity contribution in [3.8, 4) is 0 Å². The van der Waals surface area contributed by atoms with Crippen LogP contribution >= 0.6 is 22.9 Å². The maximum absolute atomic E-state index is 12.4. The van der Waals surface area contributed by atoms with Gasteiger partial charge in [0.1, 0.15) is 11.0 Å². The number of hydrogen-bond donors (Lipinski definition) is 0. The lowest BCUT2D eigenvalue weighted by Crippen LogP contribution is -2.35. The fourth-order valence-electron chi connectivity index (χ4n) is 2.67. The van der Waals surface area contributed by atoms with E-state index in [1.807, 2.05) is 33.3 Å². The molecule has 1 fully saturated rings. The van der Waals surface area contributed by atoms with Gasteiger partial charge in [-0.25, -0.2) is 4.98 Å². The largest absolute Gasteiger partial charge is 0.337 e. The van der Waals surface area contributed by atoms with Gasteiger partial charge in [0.25, 0.3) is 5.91 Å². The summed E-state index contributed by atoms with van der Waals surface area (Å²) < 4.78 is 1.90. The summed E-state index contributed by atoms with van der Waals surface area (Å²) in [6.07, 6.45) is 2.66. The van der Waals surface area contributed by atoms with Crippen molar-refractivity contribution in [3.05, 3.63) is 39.6 Å². The second-order valence-corrected chi connectivity index (χ2v) is 6.66. The van der Waals surface area contributed by atoms with E-state index in [9.17, 15) is 4.79 Å². The highest BCUT2D eigenvalue weighted by atomic mass is 35.5. The van der Waals surface area contributed by atoms with Gasteiger partial charge in [-0.2, -0.15) is 11.3 Å². The summed E-state index contributed by atoms with van der Waals surface area (Å²) in [4.78, 5) is 21.0. The van der Waals surface area contributed by atoms with Crippen molar-refractivity contribution in [1.29, 1.82) is 0 Å². The van der Waals surface area contributed by atoms with E-state index in [2.05, 4.69) is 9.88 Å². The standard InChI is InChI=1S/C15H19ClN4OS/c1-18-13(16)9-17-14(18)10-19-4-2-5-20(7-6-19)15(21)12-3-8-22-11-12/h3,8-9,11H,2,4-7,10H2,1H3. The molecule has 0 N–H and O–H groups in total. The number of nitrogens with zero attached hydrogens (tertiary/aromatic N) is 4. The fourth-order valence-corrected chi connectivity index (χ4v) is 3.45. The smallest absolute Gasteiger partial charge is 0.254 e. The van der Waals surface area contributed by atoms with Crippen LogP contribution in [0.25, 0.3) is 0 Å². The molecule has 1 aliphatic rings. The van der Waals surface area contributed by atoms with E-state index in [0.717, 1.165) is 50.5 Å². The molecular formula is C15H19ClN4OS. The molecule has 0 unspecified atom stereocenters. The van der Waals surface area contributed by atoms with Gasteiger partial charge in [-0.15, -0.1) is 0 Å². The summed E-state index contributed by atoms with van der Waals surface area (Å²) in [6, 6.07) is 1.89. The summed E-state index contributed by atoms with van der Waals surface area (Å²) in [5.74, 6) is 1.10. The van der Waals surface area contributed by atoms with E-state index >= 15 is 0 Å². The predicted octanol–water partition coefficient (Wildman–Crippen LogP) is 2.48. The van der Waals surface area contributed by atoms with Crippen molar-refractivity contribution in [3.63, 3.8) is 0 Å². The Morgan fingerprint density at radius 3 is 2.91 bits per heavy atom. The van der Waals surface area contributed by atoms with Crippen LogP contribution in [-0.4, -0.2) is 51.4 Å². The number of thiophene rings is 1. The van der Waals surface area contributed by atoms with Gasteiger partial charge >= 0.3 is 0 Å². The molecule has 0 aliphatic carbocycles. The van der Waals surface area contributed by atoms with Crippen LogP contribution in [0.4, 0.5) is 0 Å². The van der Waals surface area contributed by atoms with Crippen molar-refractivity contribution in [2.45, 2.75) is 13.0 Å². The van der Waals surface area contributed by atoms with Gasteiger partial charge < -0.3 is 9.47 Å². The molecule has 3 heterocycles. The molecule has 0 bridgehead atoms. The molecule has 22 heavy (non-hydrogen) atoms. The molecule has 5 nitrogen and oxygen atoms in total. The summed E-state index contributed by atoms with van der Waals surface area (Å²) >= 11 is 7.59. The normalized spacial score (nSPS) is 16.7. The molecule has 0 radical (unpaired) electrons. The molecule has 0 atom stereocenters. The highest BCUT2D eigenvalue weighted by Crippen LogP contribution is 2.15. The van der Waals surface area contributed by atoms with Crippen molar-refractivity contribution in [2.24, 2.45) is 7.05 Å². The highest BCUT2D eigenvalue weighted by Gasteiger charge is 2.21. The van der Waals surface area contributed by atoms with Crippen LogP contribution in [0.2, 0.25) is 5.15 Å². The van der Waals surface area contributed by atoms with Gasteiger partial charge in [0.15, 0.2) is 0 Å². The minimum Gasteiger partial charge on any atom is -0.337 e. The van der Waals surface area contributed by atoms with Gasteiger partial charge in [0.05, 0.1) is 18.3 Å². The Bertz CT molecular complexity index is 640. The third-order valence-electron chi connectivity index (χ3n) is 4.04. The van der Waals surface area contributed by atoms with E-state index in [1.54, 1.807) is 17.5 Å². The number of halogens is 1. The van der Waals surface area contributed by atoms with E-state index < -0.39 is 0 Å². The molecule has 1 saturated heterocycles. The zero-order valence-corrected chi connectivity index (χ0v) is 14.1. The summed E-state index contributed by atoms with van der Waals surface area (Å²) in [5.41, 5.74) is 0.800. The van der Waals surface area contributed by atoms with Crippen molar-refractivity contribution in [2.75, 3.05) is 26.2 Å². The minimum atomic E-state index is 0.142. The fraction of sp³-hybridized carbons (Fsp3) is 0.467. The van der Waals surface area contributed by atoms with Gasteiger partial charge in [-0.1, -0.05) is 11.6 Å². The summed E-state index contributed by atoms with van der Waals surface area (Å²) in [7, 11) is 1.93. The molecule has 7 heteroatoms. The van der Waals surface area contributed by atoms with Crippen molar-refractivity contribution < 1.29 is 4.79 Å². The molecule has 118 valence electrons. The lowest BCUT2D eigenvalue weighted by Gasteiger charge is -2.21. The third kappa shape index (κ3) is 3.34. The number of aromatic nitrogens is 2.